The van der Waals surface area contributed by atoms with Crippen molar-refractivity contribution in [1.82, 2.24) is 4.57 Å². The van der Waals surface area contributed by atoms with E-state index in [4.69, 9.17) is 5.73 Å². The van der Waals surface area contributed by atoms with Crippen molar-refractivity contribution in [3.8, 4) is 5.69 Å². The molecule has 0 amide bonds. The molecule has 1 aromatic carbocycles. The molecule has 84 valence electrons. The van der Waals surface area contributed by atoms with Gasteiger partial charge in [-0.15, -0.1) is 0 Å². The van der Waals surface area contributed by atoms with Crippen molar-refractivity contribution < 1.29 is 4.39 Å². The van der Waals surface area contributed by atoms with E-state index >= 15 is 0 Å². The molecular weight excluding hydrogens is 203 g/mol. The van der Waals surface area contributed by atoms with E-state index < -0.39 is 0 Å². The van der Waals surface area contributed by atoms with Gasteiger partial charge >= 0.3 is 0 Å². The van der Waals surface area contributed by atoms with Crippen LogP contribution in [0.4, 0.5) is 4.39 Å². The molecule has 0 unspecified atom stereocenters. The molecule has 0 bridgehead atoms. The monoisotopic (exact) mass is 218 g/mol. The first-order valence-corrected chi connectivity index (χ1v) is 5.27. The molecule has 0 radical (unpaired) electrons. The van der Waals surface area contributed by atoms with Crippen LogP contribution in [0, 0.1) is 19.7 Å². The minimum atomic E-state index is -0.231. The van der Waals surface area contributed by atoms with E-state index in [0.29, 0.717) is 12.2 Å². The molecule has 3 heteroatoms. The highest BCUT2D eigenvalue weighted by molar-refractivity contribution is 5.40. The third-order valence-corrected chi connectivity index (χ3v) is 2.76. The van der Waals surface area contributed by atoms with Crippen LogP contribution in [0.15, 0.2) is 30.3 Å². The smallest absolute Gasteiger partial charge is 0.147 e. The van der Waals surface area contributed by atoms with Crippen LogP contribution in [-0.2, 0) is 6.54 Å². The summed E-state index contributed by atoms with van der Waals surface area (Å²) in [4.78, 5) is 0. The number of hydrogen-bond donors (Lipinski definition) is 1. The van der Waals surface area contributed by atoms with Gasteiger partial charge < -0.3 is 10.3 Å². The summed E-state index contributed by atoms with van der Waals surface area (Å²) in [7, 11) is 0. The molecule has 2 rings (SSSR count). The molecule has 1 aromatic heterocycles. The van der Waals surface area contributed by atoms with Crippen molar-refractivity contribution in [2.45, 2.75) is 20.4 Å². The summed E-state index contributed by atoms with van der Waals surface area (Å²) in [5, 5.41) is 0. The molecular formula is C13H15FN2. The van der Waals surface area contributed by atoms with Crippen LogP contribution in [0.5, 0.6) is 0 Å². The lowest BCUT2D eigenvalue weighted by Gasteiger charge is -2.11. The van der Waals surface area contributed by atoms with E-state index in [1.807, 2.05) is 36.6 Å². The minimum absolute atomic E-state index is 0.231. The molecule has 2 N–H and O–H groups in total. The molecule has 0 fully saturated rings. The molecule has 0 saturated carbocycles. The van der Waals surface area contributed by atoms with Crippen LogP contribution >= 0.6 is 0 Å². The second-order valence-corrected chi connectivity index (χ2v) is 3.94. The molecule has 16 heavy (non-hydrogen) atoms. The first kappa shape index (κ1) is 10.9. The van der Waals surface area contributed by atoms with Crippen LogP contribution in [0.2, 0.25) is 0 Å². The highest BCUT2D eigenvalue weighted by Crippen LogP contribution is 2.20. The maximum atomic E-state index is 13.9. The van der Waals surface area contributed by atoms with Crippen LogP contribution in [0.25, 0.3) is 5.69 Å². The van der Waals surface area contributed by atoms with Gasteiger partial charge in [0.05, 0.1) is 5.69 Å². The maximum Gasteiger partial charge on any atom is 0.147 e. The summed E-state index contributed by atoms with van der Waals surface area (Å²) in [5.74, 6) is -0.231. The topological polar surface area (TPSA) is 30.9 Å². The Morgan fingerprint density at radius 3 is 2.25 bits per heavy atom. The molecule has 0 spiro atoms. The minimum Gasteiger partial charge on any atom is -0.326 e. The molecule has 0 saturated heterocycles. The lowest BCUT2D eigenvalue weighted by molar-refractivity contribution is 0.613. The van der Waals surface area contributed by atoms with Gasteiger partial charge in [0.1, 0.15) is 5.82 Å². The van der Waals surface area contributed by atoms with E-state index in [0.717, 1.165) is 17.0 Å². The number of nitrogens with zero attached hydrogens (tertiary/aromatic N) is 1. The van der Waals surface area contributed by atoms with Crippen molar-refractivity contribution >= 4 is 0 Å². The average molecular weight is 218 g/mol. The second kappa shape index (κ2) is 4.10. The SMILES string of the molecule is Cc1ccc(C)n1-c1ccc(CN)cc1F. The zero-order valence-electron chi connectivity index (χ0n) is 9.50. The van der Waals surface area contributed by atoms with Gasteiger partial charge in [0.25, 0.3) is 0 Å². The zero-order valence-corrected chi connectivity index (χ0v) is 9.50. The molecule has 0 aliphatic heterocycles. The number of rotatable bonds is 2. The third-order valence-electron chi connectivity index (χ3n) is 2.76. The largest absolute Gasteiger partial charge is 0.326 e. The molecule has 0 atom stereocenters. The Kier molecular flexibility index (Phi) is 2.79. The van der Waals surface area contributed by atoms with Gasteiger partial charge in [-0.25, -0.2) is 4.39 Å². The number of hydrogen-bond acceptors (Lipinski definition) is 1. The predicted molar refractivity (Wildman–Crippen MR) is 63.1 cm³/mol. The number of nitrogens with two attached hydrogens (primary N) is 1. The van der Waals surface area contributed by atoms with E-state index in [-0.39, 0.29) is 5.82 Å². The molecule has 2 nitrogen and oxygen atoms in total. The Morgan fingerprint density at radius 1 is 1.12 bits per heavy atom. The van der Waals surface area contributed by atoms with Crippen LogP contribution in [0.3, 0.4) is 0 Å². The third kappa shape index (κ3) is 1.74. The van der Waals surface area contributed by atoms with Crippen LogP contribution in [0.1, 0.15) is 17.0 Å². The number of aromatic nitrogens is 1. The van der Waals surface area contributed by atoms with E-state index in [1.54, 1.807) is 6.07 Å². The summed E-state index contributed by atoms with van der Waals surface area (Å²) in [6.45, 7) is 4.29. The average Bonchev–Trinajstić information content (AvgIpc) is 2.59. The van der Waals surface area contributed by atoms with Crippen molar-refractivity contribution in [2.75, 3.05) is 0 Å². The van der Waals surface area contributed by atoms with Gasteiger partial charge in [0, 0.05) is 17.9 Å². The van der Waals surface area contributed by atoms with E-state index in [9.17, 15) is 4.39 Å². The highest BCUT2D eigenvalue weighted by Gasteiger charge is 2.09. The molecule has 1 heterocycles. The van der Waals surface area contributed by atoms with Gasteiger partial charge in [0.2, 0.25) is 0 Å². The summed E-state index contributed by atoms with van der Waals surface area (Å²) in [5.41, 5.74) is 8.91. The first-order chi connectivity index (χ1) is 7.63. The van der Waals surface area contributed by atoms with Crippen LogP contribution < -0.4 is 5.73 Å². The predicted octanol–water partition coefficient (Wildman–Crippen LogP) is 2.69. The van der Waals surface area contributed by atoms with Gasteiger partial charge in [-0.3, -0.25) is 0 Å². The van der Waals surface area contributed by atoms with Crippen LogP contribution in [-0.4, -0.2) is 4.57 Å². The zero-order chi connectivity index (χ0) is 11.7. The Labute approximate surface area is 94.5 Å². The Bertz CT molecular complexity index is 495. The Hall–Kier alpha value is -1.61. The number of benzene rings is 1. The number of aryl methyl sites for hydroxylation is 2. The molecule has 0 aliphatic carbocycles. The Morgan fingerprint density at radius 2 is 1.75 bits per heavy atom. The quantitative estimate of drug-likeness (QED) is 0.825. The standard InChI is InChI=1S/C13H15FN2/c1-9-3-4-10(2)16(9)13-6-5-11(8-15)7-12(13)14/h3-7H,8,15H2,1-2H3. The normalized spacial score (nSPS) is 10.8. The van der Waals surface area contributed by atoms with Gasteiger partial charge in [-0.05, 0) is 43.7 Å². The summed E-state index contributed by atoms with van der Waals surface area (Å²) >= 11 is 0. The highest BCUT2D eigenvalue weighted by atomic mass is 19.1. The second-order valence-electron chi connectivity index (χ2n) is 3.94. The lowest BCUT2D eigenvalue weighted by atomic mass is 10.2. The fourth-order valence-electron chi connectivity index (χ4n) is 1.91. The van der Waals surface area contributed by atoms with Crippen molar-refractivity contribution in [3.63, 3.8) is 0 Å². The molecule has 0 aliphatic rings. The van der Waals surface area contributed by atoms with Crippen molar-refractivity contribution in [1.29, 1.82) is 0 Å². The fraction of sp³-hybridized carbons (Fsp3) is 0.231. The van der Waals surface area contributed by atoms with E-state index in [2.05, 4.69) is 0 Å². The Balaban J connectivity index is 2.57. The summed E-state index contributed by atoms with van der Waals surface area (Å²) in [6, 6.07) is 9.08. The van der Waals surface area contributed by atoms with Crippen molar-refractivity contribution in [2.24, 2.45) is 5.73 Å². The fourth-order valence-corrected chi connectivity index (χ4v) is 1.91. The van der Waals surface area contributed by atoms with Gasteiger partial charge in [-0.2, -0.15) is 0 Å². The molecule has 2 aromatic rings. The summed E-state index contributed by atoms with van der Waals surface area (Å²) in [6.07, 6.45) is 0. The summed E-state index contributed by atoms with van der Waals surface area (Å²) < 4.78 is 15.8. The van der Waals surface area contributed by atoms with Gasteiger partial charge in [0.15, 0.2) is 0 Å². The first-order valence-electron chi connectivity index (χ1n) is 5.27. The van der Waals surface area contributed by atoms with Crippen molar-refractivity contribution in [3.05, 3.63) is 53.1 Å². The maximum absolute atomic E-state index is 13.9. The lowest BCUT2D eigenvalue weighted by Crippen LogP contribution is -2.04. The number of halogens is 1. The van der Waals surface area contributed by atoms with Gasteiger partial charge in [-0.1, -0.05) is 6.07 Å². The van der Waals surface area contributed by atoms with E-state index in [1.165, 1.54) is 6.07 Å².